The Labute approximate surface area is 97.0 Å². The summed E-state index contributed by atoms with van der Waals surface area (Å²) in [7, 11) is 2.18. The first kappa shape index (κ1) is 9.82. The molecule has 1 aromatic carbocycles. The number of hydrogen-bond donors (Lipinski definition) is 1. The lowest BCUT2D eigenvalue weighted by molar-refractivity contribution is 0.569. The quantitative estimate of drug-likeness (QED) is 0.777. The summed E-state index contributed by atoms with van der Waals surface area (Å²) in [6, 6.07) is 7.22. The van der Waals surface area contributed by atoms with Gasteiger partial charge in [0.2, 0.25) is 0 Å². The Morgan fingerprint density at radius 3 is 3.06 bits per heavy atom. The Morgan fingerprint density at radius 1 is 1.38 bits per heavy atom. The van der Waals surface area contributed by atoms with Gasteiger partial charge in [-0.2, -0.15) is 0 Å². The van der Waals surface area contributed by atoms with Crippen molar-refractivity contribution in [2.45, 2.75) is 19.4 Å². The van der Waals surface area contributed by atoms with Crippen LogP contribution in [-0.2, 0) is 0 Å². The minimum absolute atomic E-state index is 0.655. The van der Waals surface area contributed by atoms with Gasteiger partial charge in [0.25, 0.3) is 0 Å². The standard InChI is InChI=1S/C13H19N3/c1-3-10-9-14-11-5-4-6-12-13(11)16(10)8-7-15(12)2/h4-6,10,14H,3,7-9H2,1-2H3. The largest absolute Gasteiger partial charge is 0.381 e. The molecule has 0 radical (unpaired) electrons. The van der Waals surface area contributed by atoms with Crippen LogP contribution in [0.4, 0.5) is 17.1 Å². The molecular weight excluding hydrogens is 198 g/mol. The Hall–Kier alpha value is -1.38. The second-order valence-corrected chi connectivity index (χ2v) is 4.73. The van der Waals surface area contributed by atoms with Gasteiger partial charge in [-0.15, -0.1) is 0 Å². The maximum atomic E-state index is 3.55. The highest BCUT2D eigenvalue weighted by Gasteiger charge is 2.30. The maximum Gasteiger partial charge on any atom is 0.0843 e. The van der Waals surface area contributed by atoms with E-state index in [1.54, 1.807) is 0 Å². The molecule has 2 aliphatic heterocycles. The van der Waals surface area contributed by atoms with Crippen LogP contribution in [0.25, 0.3) is 0 Å². The van der Waals surface area contributed by atoms with E-state index >= 15 is 0 Å². The topological polar surface area (TPSA) is 18.5 Å². The first-order valence-corrected chi connectivity index (χ1v) is 6.16. The van der Waals surface area contributed by atoms with E-state index in [0.717, 1.165) is 19.6 Å². The van der Waals surface area contributed by atoms with Crippen molar-refractivity contribution >= 4 is 17.1 Å². The van der Waals surface area contributed by atoms with Gasteiger partial charge in [0.05, 0.1) is 17.1 Å². The summed E-state index contributed by atoms with van der Waals surface area (Å²) in [4.78, 5) is 4.94. The van der Waals surface area contributed by atoms with Gasteiger partial charge in [-0.3, -0.25) is 0 Å². The smallest absolute Gasteiger partial charge is 0.0843 e. The van der Waals surface area contributed by atoms with Crippen LogP contribution in [0.3, 0.4) is 0 Å². The molecule has 86 valence electrons. The summed E-state index contributed by atoms with van der Waals surface area (Å²) in [6.07, 6.45) is 1.21. The number of benzene rings is 1. The van der Waals surface area contributed by atoms with E-state index in [4.69, 9.17) is 0 Å². The Bertz CT molecular complexity index is 402. The summed E-state index contributed by atoms with van der Waals surface area (Å²) in [5, 5.41) is 3.55. The predicted octanol–water partition coefficient (Wildman–Crippen LogP) is 2.15. The van der Waals surface area contributed by atoms with E-state index in [9.17, 15) is 0 Å². The average Bonchev–Trinajstić information content (AvgIpc) is 2.34. The van der Waals surface area contributed by atoms with Crippen LogP contribution in [-0.4, -0.2) is 32.7 Å². The lowest BCUT2D eigenvalue weighted by Gasteiger charge is -2.45. The third-order valence-electron chi connectivity index (χ3n) is 3.83. The first-order chi connectivity index (χ1) is 7.81. The highest BCUT2D eigenvalue weighted by Crippen LogP contribution is 2.42. The minimum atomic E-state index is 0.655. The zero-order valence-corrected chi connectivity index (χ0v) is 10.0. The Kier molecular flexibility index (Phi) is 2.20. The first-order valence-electron chi connectivity index (χ1n) is 6.16. The summed E-state index contributed by atoms with van der Waals surface area (Å²) in [5.41, 5.74) is 4.08. The molecule has 0 amide bonds. The molecule has 3 nitrogen and oxygen atoms in total. The van der Waals surface area contributed by atoms with Crippen LogP contribution in [0.15, 0.2) is 18.2 Å². The van der Waals surface area contributed by atoms with Crippen molar-refractivity contribution in [3.8, 4) is 0 Å². The van der Waals surface area contributed by atoms with E-state index < -0.39 is 0 Å². The third kappa shape index (κ3) is 1.27. The highest BCUT2D eigenvalue weighted by atomic mass is 15.3. The lowest BCUT2D eigenvalue weighted by atomic mass is 10.0. The third-order valence-corrected chi connectivity index (χ3v) is 3.83. The van der Waals surface area contributed by atoms with Crippen LogP contribution in [0.2, 0.25) is 0 Å². The number of hydrogen-bond acceptors (Lipinski definition) is 3. The summed E-state index contributed by atoms with van der Waals surface area (Å²) in [6.45, 7) is 5.64. The molecule has 0 aromatic heterocycles. The molecule has 1 aromatic rings. The molecule has 1 N–H and O–H groups in total. The summed E-state index contributed by atoms with van der Waals surface area (Å²) < 4.78 is 0. The van der Waals surface area contributed by atoms with Gasteiger partial charge in [0.15, 0.2) is 0 Å². The lowest BCUT2D eigenvalue weighted by Crippen LogP contribution is -2.50. The normalized spacial score (nSPS) is 22.8. The molecule has 0 bridgehead atoms. The molecule has 0 spiro atoms. The zero-order chi connectivity index (χ0) is 11.1. The molecule has 0 saturated carbocycles. The summed E-state index contributed by atoms with van der Waals surface area (Å²) in [5.74, 6) is 0. The van der Waals surface area contributed by atoms with Gasteiger partial charge in [-0.1, -0.05) is 13.0 Å². The van der Waals surface area contributed by atoms with Gasteiger partial charge in [0.1, 0.15) is 0 Å². The fourth-order valence-electron chi connectivity index (χ4n) is 2.84. The summed E-state index contributed by atoms with van der Waals surface area (Å²) >= 11 is 0. The number of likely N-dealkylation sites (N-methyl/N-ethyl adjacent to an activating group) is 1. The van der Waals surface area contributed by atoms with Crippen LogP contribution in [0.5, 0.6) is 0 Å². The SMILES string of the molecule is CCC1CNc2cccc3c2N1CCN3C. The number of nitrogens with one attached hydrogen (secondary N) is 1. The van der Waals surface area contributed by atoms with Crippen molar-refractivity contribution in [1.82, 2.24) is 0 Å². The fourth-order valence-corrected chi connectivity index (χ4v) is 2.84. The Balaban J connectivity index is 2.12. The molecule has 0 aliphatic carbocycles. The molecule has 1 atom stereocenters. The van der Waals surface area contributed by atoms with Gasteiger partial charge in [-0.25, -0.2) is 0 Å². The molecule has 3 rings (SSSR count). The molecule has 0 fully saturated rings. The number of para-hydroxylation sites is 1. The number of nitrogens with zero attached hydrogens (tertiary/aromatic N) is 2. The van der Waals surface area contributed by atoms with Crippen molar-refractivity contribution in [2.24, 2.45) is 0 Å². The second kappa shape index (κ2) is 3.58. The van der Waals surface area contributed by atoms with E-state index in [2.05, 4.69) is 47.3 Å². The van der Waals surface area contributed by atoms with Gasteiger partial charge in [0, 0.05) is 32.7 Å². The number of rotatable bonds is 1. The van der Waals surface area contributed by atoms with Gasteiger partial charge < -0.3 is 15.1 Å². The molecule has 3 heteroatoms. The van der Waals surface area contributed by atoms with Gasteiger partial charge in [-0.05, 0) is 18.6 Å². The van der Waals surface area contributed by atoms with Crippen molar-refractivity contribution in [3.63, 3.8) is 0 Å². The van der Waals surface area contributed by atoms with Crippen LogP contribution in [0, 0.1) is 0 Å². The molecule has 16 heavy (non-hydrogen) atoms. The van der Waals surface area contributed by atoms with E-state index in [0.29, 0.717) is 6.04 Å². The fraction of sp³-hybridized carbons (Fsp3) is 0.538. The van der Waals surface area contributed by atoms with E-state index in [1.165, 1.54) is 23.5 Å². The average molecular weight is 217 g/mol. The Morgan fingerprint density at radius 2 is 2.25 bits per heavy atom. The van der Waals surface area contributed by atoms with Crippen molar-refractivity contribution in [2.75, 3.05) is 41.8 Å². The molecule has 1 unspecified atom stereocenters. The van der Waals surface area contributed by atoms with Gasteiger partial charge >= 0.3 is 0 Å². The minimum Gasteiger partial charge on any atom is -0.381 e. The predicted molar refractivity (Wildman–Crippen MR) is 69.6 cm³/mol. The van der Waals surface area contributed by atoms with E-state index in [-0.39, 0.29) is 0 Å². The monoisotopic (exact) mass is 217 g/mol. The molecule has 2 heterocycles. The van der Waals surface area contributed by atoms with Crippen molar-refractivity contribution in [3.05, 3.63) is 18.2 Å². The maximum absolute atomic E-state index is 3.55. The van der Waals surface area contributed by atoms with Crippen LogP contribution in [0.1, 0.15) is 13.3 Å². The van der Waals surface area contributed by atoms with Crippen LogP contribution < -0.4 is 15.1 Å². The molecular formula is C13H19N3. The van der Waals surface area contributed by atoms with Crippen LogP contribution >= 0.6 is 0 Å². The number of anilines is 3. The highest BCUT2D eigenvalue weighted by molar-refractivity contribution is 5.87. The molecule has 2 aliphatic rings. The second-order valence-electron chi connectivity index (χ2n) is 4.73. The molecule has 0 saturated heterocycles. The van der Waals surface area contributed by atoms with E-state index in [1.807, 2.05) is 0 Å². The zero-order valence-electron chi connectivity index (χ0n) is 10.0. The van der Waals surface area contributed by atoms with Crippen molar-refractivity contribution in [1.29, 1.82) is 0 Å². The van der Waals surface area contributed by atoms with Crippen molar-refractivity contribution < 1.29 is 0 Å².